The van der Waals surface area contributed by atoms with Crippen molar-refractivity contribution in [2.75, 3.05) is 6.61 Å². The molecule has 0 aliphatic heterocycles. The maximum Gasteiger partial charge on any atom is 0.162 e. The van der Waals surface area contributed by atoms with Crippen LogP contribution in [0.4, 0.5) is 0 Å². The van der Waals surface area contributed by atoms with Gasteiger partial charge in [0.15, 0.2) is 11.5 Å². The van der Waals surface area contributed by atoms with Crippen LogP contribution in [0, 0.1) is 0 Å². The van der Waals surface area contributed by atoms with Gasteiger partial charge in [0.2, 0.25) is 0 Å². The normalized spacial score (nSPS) is 19.6. The molecule has 4 heteroatoms. The smallest absolute Gasteiger partial charge is 0.162 e. The first-order valence-electron chi connectivity index (χ1n) is 9.71. The molecule has 24 heavy (non-hydrogen) atoms. The molecule has 3 rings (SSSR count). The first kappa shape index (κ1) is 18.1. The molecule has 0 aromatic heterocycles. The summed E-state index contributed by atoms with van der Waals surface area (Å²) in [5.74, 6) is 1.80. The quantitative estimate of drug-likeness (QED) is 0.732. The van der Waals surface area contributed by atoms with Gasteiger partial charge in [0.25, 0.3) is 0 Å². The van der Waals surface area contributed by atoms with Crippen LogP contribution < -0.4 is 14.8 Å². The van der Waals surface area contributed by atoms with Gasteiger partial charge in [-0.3, -0.25) is 0 Å². The lowest BCUT2D eigenvalue weighted by Crippen LogP contribution is -2.88. The summed E-state index contributed by atoms with van der Waals surface area (Å²) in [5.41, 5.74) is 1.31. The summed E-state index contributed by atoms with van der Waals surface area (Å²) in [6, 6.07) is 5.08. The van der Waals surface area contributed by atoms with Crippen molar-refractivity contribution < 1.29 is 14.8 Å². The predicted octanol–water partition coefficient (Wildman–Crippen LogP) is 4.57. The van der Waals surface area contributed by atoms with E-state index in [1.54, 1.807) is 0 Å². The Balaban J connectivity index is 1.68. The minimum absolute atomic E-state index is 0.357. The van der Waals surface area contributed by atoms with Gasteiger partial charge in [-0.15, -0.1) is 0 Å². The Hall–Kier alpha value is -0.740. The van der Waals surface area contributed by atoms with Crippen LogP contribution in [0.2, 0.25) is 0 Å². The zero-order valence-corrected chi connectivity index (χ0v) is 16.4. The SMILES string of the molecule is CCOc1cc(C[NH2+]C2CCCCC2)c(Br)cc1OC1CCCC1. The molecule has 2 fully saturated rings. The molecule has 2 saturated carbocycles. The fraction of sp³-hybridized carbons (Fsp3) is 0.700. The fourth-order valence-corrected chi connectivity index (χ4v) is 4.43. The lowest BCUT2D eigenvalue weighted by Gasteiger charge is -2.21. The number of nitrogens with two attached hydrogens (primary N) is 1. The van der Waals surface area contributed by atoms with Crippen molar-refractivity contribution in [2.45, 2.75) is 83.4 Å². The number of benzene rings is 1. The van der Waals surface area contributed by atoms with Gasteiger partial charge in [-0.25, -0.2) is 0 Å². The molecule has 0 unspecified atom stereocenters. The van der Waals surface area contributed by atoms with E-state index in [9.17, 15) is 0 Å². The van der Waals surface area contributed by atoms with Gasteiger partial charge in [-0.1, -0.05) is 22.4 Å². The number of hydrogen-bond donors (Lipinski definition) is 1. The van der Waals surface area contributed by atoms with Gasteiger partial charge in [-0.05, 0) is 70.4 Å². The van der Waals surface area contributed by atoms with E-state index in [2.05, 4.69) is 33.4 Å². The molecule has 134 valence electrons. The zero-order valence-electron chi connectivity index (χ0n) is 14.9. The van der Waals surface area contributed by atoms with E-state index in [4.69, 9.17) is 9.47 Å². The average molecular weight is 397 g/mol. The van der Waals surface area contributed by atoms with Crippen molar-refractivity contribution in [3.05, 3.63) is 22.2 Å². The minimum Gasteiger partial charge on any atom is -0.490 e. The van der Waals surface area contributed by atoms with Crippen LogP contribution in [-0.4, -0.2) is 18.8 Å². The van der Waals surface area contributed by atoms with Crippen molar-refractivity contribution in [1.29, 1.82) is 0 Å². The Morgan fingerprint density at radius 1 is 1.00 bits per heavy atom. The first-order valence-corrected chi connectivity index (χ1v) is 10.5. The number of ether oxygens (including phenoxy) is 2. The second-order valence-corrected chi connectivity index (χ2v) is 8.04. The number of halogens is 1. The van der Waals surface area contributed by atoms with Crippen LogP contribution >= 0.6 is 15.9 Å². The van der Waals surface area contributed by atoms with Gasteiger partial charge in [-0.2, -0.15) is 0 Å². The summed E-state index contributed by atoms with van der Waals surface area (Å²) in [6.07, 6.45) is 12.2. The first-order chi connectivity index (χ1) is 11.8. The summed E-state index contributed by atoms with van der Waals surface area (Å²) >= 11 is 3.75. The van der Waals surface area contributed by atoms with E-state index >= 15 is 0 Å². The Bertz CT molecular complexity index is 523. The highest BCUT2D eigenvalue weighted by molar-refractivity contribution is 9.10. The summed E-state index contributed by atoms with van der Waals surface area (Å²) < 4.78 is 13.2. The van der Waals surface area contributed by atoms with Crippen LogP contribution in [0.1, 0.15) is 70.3 Å². The molecule has 0 atom stereocenters. The number of quaternary nitrogens is 1. The van der Waals surface area contributed by atoms with Crippen molar-refractivity contribution in [2.24, 2.45) is 0 Å². The van der Waals surface area contributed by atoms with Crippen molar-refractivity contribution in [3.8, 4) is 11.5 Å². The van der Waals surface area contributed by atoms with Gasteiger partial charge in [0.1, 0.15) is 6.54 Å². The minimum atomic E-state index is 0.357. The topological polar surface area (TPSA) is 35.1 Å². The summed E-state index contributed by atoms with van der Waals surface area (Å²) in [6.45, 7) is 3.72. The van der Waals surface area contributed by atoms with Crippen molar-refractivity contribution in [1.82, 2.24) is 0 Å². The standard InChI is InChI=1S/C20H30BrNO2/c1-2-23-19-12-15(14-22-16-8-4-3-5-9-16)18(21)13-20(19)24-17-10-6-7-11-17/h12-13,16-17,22H,2-11,14H2,1H3/p+1. The lowest BCUT2D eigenvalue weighted by molar-refractivity contribution is -0.706. The van der Waals surface area contributed by atoms with E-state index < -0.39 is 0 Å². The molecule has 1 aromatic rings. The highest BCUT2D eigenvalue weighted by atomic mass is 79.9. The van der Waals surface area contributed by atoms with Gasteiger partial charge >= 0.3 is 0 Å². The predicted molar refractivity (Wildman–Crippen MR) is 101 cm³/mol. The molecule has 2 aliphatic carbocycles. The zero-order chi connectivity index (χ0) is 16.8. The van der Waals surface area contributed by atoms with Gasteiger partial charge in [0, 0.05) is 10.0 Å². The maximum atomic E-state index is 6.22. The molecule has 0 radical (unpaired) electrons. The fourth-order valence-electron chi connectivity index (χ4n) is 3.94. The largest absolute Gasteiger partial charge is 0.490 e. The molecule has 0 amide bonds. The third-order valence-corrected chi connectivity index (χ3v) is 6.07. The Labute approximate surface area is 154 Å². The van der Waals surface area contributed by atoms with E-state index in [0.717, 1.165) is 28.6 Å². The molecule has 2 N–H and O–H groups in total. The van der Waals surface area contributed by atoms with Gasteiger partial charge < -0.3 is 14.8 Å². The molecular weight excluding hydrogens is 366 g/mol. The van der Waals surface area contributed by atoms with E-state index in [-0.39, 0.29) is 0 Å². The van der Waals surface area contributed by atoms with Gasteiger partial charge in [0.05, 0.1) is 18.8 Å². The lowest BCUT2D eigenvalue weighted by atomic mass is 9.95. The van der Waals surface area contributed by atoms with E-state index in [1.807, 2.05) is 6.92 Å². The molecular formula is C20H31BrNO2+. The molecule has 2 aliphatic rings. The summed E-state index contributed by atoms with van der Waals surface area (Å²) in [5, 5.41) is 2.51. The number of hydrogen-bond acceptors (Lipinski definition) is 2. The van der Waals surface area contributed by atoms with Crippen LogP contribution in [0.3, 0.4) is 0 Å². The second-order valence-electron chi connectivity index (χ2n) is 7.19. The van der Waals surface area contributed by atoms with E-state index in [0.29, 0.717) is 12.7 Å². The molecule has 1 aromatic carbocycles. The molecule has 0 spiro atoms. The van der Waals surface area contributed by atoms with E-state index in [1.165, 1.54) is 63.4 Å². The maximum absolute atomic E-state index is 6.22. The Morgan fingerprint density at radius 3 is 2.42 bits per heavy atom. The molecule has 0 saturated heterocycles. The highest BCUT2D eigenvalue weighted by Crippen LogP contribution is 2.36. The summed E-state index contributed by atoms with van der Waals surface area (Å²) in [7, 11) is 0. The number of rotatable bonds is 7. The van der Waals surface area contributed by atoms with Crippen molar-refractivity contribution in [3.63, 3.8) is 0 Å². The van der Waals surface area contributed by atoms with Crippen LogP contribution in [0.25, 0.3) is 0 Å². The van der Waals surface area contributed by atoms with Crippen LogP contribution in [-0.2, 0) is 6.54 Å². The third kappa shape index (κ3) is 4.89. The third-order valence-electron chi connectivity index (χ3n) is 5.33. The molecule has 0 heterocycles. The average Bonchev–Trinajstić information content (AvgIpc) is 3.10. The second kappa shape index (κ2) is 9.10. The summed E-state index contributed by atoms with van der Waals surface area (Å²) in [4.78, 5) is 0. The van der Waals surface area contributed by atoms with Crippen LogP contribution in [0.15, 0.2) is 16.6 Å². The van der Waals surface area contributed by atoms with Crippen LogP contribution in [0.5, 0.6) is 11.5 Å². The monoisotopic (exact) mass is 396 g/mol. The molecule has 0 bridgehead atoms. The Kier molecular flexibility index (Phi) is 6.85. The molecule has 3 nitrogen and oxygen atoms in total. The highest BCUT2D eigenvalue weighted by Gasteiger charge is 2.21. The Morgan fingerprint density at radius 2 is 1.71 bits per heavy atom. The van der Waals surface area contributed by atoms with Crippen molar-refractivity contribution >= 4 is 15.9 Å².